The van der Waals surface area contributed by atoms with Gasteiger partial charge >= 0.3 is 0 Å². The van der Waals surface area contributed by atoms with Gasteiger partial charge in [-0.1, -0.05) is 0 Å². The molecule has 2 rings (SSSR count). The molecule has 0 aromatic heterocycles. The molecular formula is C10H16ClN3. The summed E-state index contributed by atoms with van der Waals surface area (Å²) in [6.07, 6.45) is 2.77. The van der Waals surface area contributed by atoms with E-state index >= 15 is 0 Å². The van der Waals surface area contributed by atoms with Gasteiger partial charge in [-0.25, -0.2) is 0 Å². The van der Waals surface area contributed by atoms with Crippen LogP contribution in [-0.2, 0) is 0 Å². The SMILES string of the molecule is N#CC(Cl)CN1CCN(C2CC2)CC1. The van der Waals surface area contributed by atoms with Crippen molar-refractivity contribution >= 4 is 11.6 Å². The van der Waals surface area contributed by atoms with Crippen molar-refractivity contribution in [3.05, 3.63) is 0 Å². The summed E-state index contributed by atoms with van der Waals surface area (Å²) in [5.41, 5.74) is 0. The van der Waals surface area contributed by atoms with Crippen LogP contribution in [0.5, 0.6) is 0 Å². The number of hydrogen-bond acceptors (Lipinski definition) is 3. The second kappa shape index (κ2) is 4.48. The van der Waals surface area contributed by atoms with Crippen molar-refractivity contribution in [2.45, 2.75) is 24.3 Å². The standard InChI is InChI=1S/C10H16ClN3/c11-9(7-12)8-13-3-5-14(6-4-13)10-1-2-10/h9-10H,1-6,8H2. The average Bonchev–Trinajstić information content (AvgIpc) is 3.02. The maximum atomic E-state index is 8.60. The molecule has 0 N–H and O–H groups in total. The molecule has 0 amide bonds. The Kier molecular flexibility index (Phi) is 3.27. The van der Waals surface area contributed by atoms with E-state index in [1.807, 2.05) is 0 Å². The van der Waals surface area contributed by atoms with E-state index in [2.05, 4.69) is 15.9 Å². The molecule has 0 aromatic carbocycles. The summed E-state index contributed by atoms with van der Waals surface area (Å²) >= 11 is 5.79. The minimum atomic E-state index is -0.345. The Balaban J connectivity index is 1.70. The Hall–Kier alpha value is -0.300. The van der Waals surface area contributed by atoms with Crippen LogP contribution in [0, 0.1) is 11.3 Å². The van der Waals surface area contributed by atoms with Gasteiger partial charge in [0.15, 0.2) is 0 Å². The first-order valence-corrected chi connectivity index (χ1v) is 5.73. The summed E-state index contributed by atoms with van der Waals surface area (Å²) in [6.45, 7) is 5.17. The molecule has 1 aliphatic heterocycles. The summed E-state index contributed by atoms with van der Waals surface area (Å²) in [5, 5.41) is 8.25. The average molecular weight is 214 g/mol. The van der Waals surface area contributed by atoms with Crippen molar-refractivity contribution in [1.29, 1.82) is 5.26 Å². The lowest BCUT2D eigenvalue weighted by Crippen LogP contribution is -2.48. The van der Waals surface area contributed by atoms with Crippen molar-refractivity contribution in [3.8, 4) is 6.07 Å². The number of nitriles is 1. The largest absolute Gasteiger partial charge is 0.298 e. The van der Waals surface area contributed by atoms with Gasteiger partial charge in [0.1, 0.15) is 5.38 Å². The molecule has 0 spiro atoms. The molecule has 2 fully saturated rings. The van der Waals surface area contributed by atoms with Crippen LogP contribution in [0.3, 0.4) is 0 Å². The number of hydrogen-bond donors (Lipinski definition) is 0. The highest BCUT2D eigenvalue weighted by Gasteiger charge is 2.31. The quantitative estimate of drug-likeness (QED) is 0.653. The fourth-order valence-corrected chi connectivity index (χ4v) is 2.21. The fraction of sp³-hybridized carbons (Fsp3) is 0.900. The van der Waals surface area contributed by atoms with E-state index in [9.17, 15) is 0 Å². The lowest BCUT2D eigenvalue weighted by Gasteiger charge is -2.34. The zero-order valence-corrected chi connectivity index (χ0v) is 9.08. The van der Waals surface area contributed by atoms with Gasteiger partial charge in [0.05, 0.1) is 6.07 Å². The molecule has 0 radical (unpaired) electrons. The molecule has 2 aliphatic rings. The first-order chi connectivity index (χ1) is 6.79. The summed E-state index contributed by atoms with van der Waals surface area (Å²) in [6, 6.07) is 2.94. The van der Waals surface area contributed by atoms with Crippen LogP contribution in [-0.4, -0.2) is 53.9 Å². The van der Waals surface area contributed by atoms with Crippen LogP contribution in [0.1, 0.15) is 12.8 Å². The normalized spacial score (nSPS) is 27.1. The van der Waals surface area contributed by atoms with Gasteiger partial charge in [0, 0.05) is 38.8 Å². The molecule has 0 bridgehead atoms. The van der Waals surface area contributed by atoms with Crippen molar-refractivity contribution in [2.75, 3.05) is 32.7 Å². The smallest absolute Gasteiger partial charge is 0.133 e. The highest BCUT2D eigenvalue weighted by atomic mass is 35.5. The molecule has 1 saturated carbocycles. The van der Waals surface area contributed by atoms with Gasteiger partial charge < -0.3 is 0 Å². The number of piperazine rings is 1. The Morgan fingerprint density at radius 2 is 1.93 bits per heavy atom. The second-order valence-electron chi connectivity index (χ2n) is 4.16. The molecule has 1 unspecified atom stereocenters. The summed E-state index contributed by atoms with van der Waals surface area (Å²) in [5.74, 6) is 0. The Morgan fingerprint density at radius 3 is 2.43 bits per heavy atom. The lowest BCUT2D eigenvalue weighted by atomic mass is 10.3. The number of alkyl halides is 1. The zero-order valence-electron chi connectivity index (χ0n) is 8.32. The molecule has 4 heteroatoms. The van der Waals surface area contributed by atoms with Gasteiger partial charge in [-0.05, 0) is 12.8 Å². The molecular weight excluding hydrogens is 198 g/mol. The molecule has 1 atom stereocenters. The second-order valence-corrected chi connectivity index (χ2v) is 4.69. The molecule has 78 valence electrons. The third kappa shape index (κ3) is 2.60. The van der Waals surface area contributed by atoms with Crippen molar-refractivity contribution in [3.63, 3.8) is 0 Å². The minimum Gasteiger partial charge on any atom is -0.298 e. The Morgan fingerprint density at radius 1 is 1.29 bits per heavy atom. The minimum absolute atomic E-state index is 0.345. The van der Waals surface area contributed by atoms with Gasteiger partial charge in [-0.15, -0.1) is 11.6 Å². The van der Waals surface area contributed by atoms with Gasteiger partial charge in [0.25, 0.3) is 0 Å². The molecule has 14 heavy (non-hydrogen) atoms. The van der Waals surface area contributed by atoms with E-state index in [1.165, 1.54) is 12.8 Å². The number of halogens is 1. The van der Waals surface area contributed by atoms with E-state index < -0.39 is 0 Å². The van der Waals surface area contributed by atoms with Crippen LogP contribution in [0.4, 0.5) is 0 Å². The zero-order chi connectivity index (χ0) is 9.97. The first kappa shape index (κ1) is 10.2. The van der Waals surface area contributed by atoms with E-state index in [0.29, 0.717) is 0 Å². The fourth-order valence-electron chi connectivity index (χ4n) is 2.02. The third-order valence-electron chi connectivity index (χ3n) is 3.03. The maximum Gasteiger partial charge on any atom is 0.133 e. The molecule has 1 aliphatic carbocycles. The monoisotopic (exact) mass is 213 g/mol. The summed E-state index contributed by atoms with van der Waals surface area (Å²) < 4.78 is 0. The van der Waals surface area contributed by atoms with Crippen LogP contribution < -0.4 is 0 Å². The van der Waals surface area contributed by atoms with E-state index in [1.54, 1.807) is 0 Å². The number of rotatable bonds is 3. The van der Waals surface area contributed by atoms with Crippen molar-refractivity contribution in [2.24, 2.45) is 0 Å². The van der Waals surface area contributed by atoms with Crippen LogP contribution in [0.2, 0.25) is 0 Å². The van der Waals surface area contributed by atoms with Gasteiger partial charge in [0.2, 0.25) is 0 Å². The van der Waals surface area contributed by atoms with Gasteiger partial charge in [-0.2, -0.15) is 5.26 Å². The van der Waals surface area contributed by atoms with Crippen LogP contribution in [0.15, 0.2) is 0 Å². The first-order valence-electron chi connectivity index (χ1n) is 5.29. The molecule has 1 heterocycles. The van der Waals surface area contributed by atoms with E-state index in [-0.39, 0.29) is 5.38 Å². The summed E-state index contributed by atoms with van der Waals surface area (Å²) in [7, 11) is 0. The third-order valence-corrected chi connectivity index (χ3v) is 3.26. The predicted octanol–water partition coefficient (Wildman–Crippen LogP) is 0.897. The molecule has 3 nitrogen and oxygen atoms in total. The molecule has 0 aromatic rings. The van der Waals surface area contributed by atoms with Crippen LogP contribution in [0.25, 0.3) is 0 Å². The summed E-state index contributed by atoms with van der Waals surface area (Å²) in [4.78, 5) is 4.85. The lowest BCUT2D eigenvalue weighted by molar-refractivity contribution is 0.129. The maximum absolute atomic E-state index is 8.60. The van der Waals surface area contributed by atoms with Crippen LogP contribution >= 0.6 is 11.6 Å². The van der Waals surface area contributed by atoms with E-state index in [4.69, 9.17) is 16.9 Å². The van der Waals surface area contributed by atoms with Gasteiger partial charge in [-0.3, -0.25) is 9.80 Å². The molecule has 1 saturated heterocycles. The Bertz CT molecular complexity index is 226. The Labute approximate surface area is 90.2 Å². The van der Waals surface area contributed by atoms with E-state index in [0.717, 1.165) is 38.8 Å². The predicted molar refractivity (Wildman–Crippen MR) is 56.3 cm³/mol. The van der Waals surface area contributed by atoms with Crippen molar-refractivity contribution < 1.29 is 0 Å². The highest BCUT2D eigenvalue weighted by Crippen LogP contribution is 2.27. The van der Waals surface area contributed by atoms with Crippen molar-refractivity contribution in [1.82, 2.24) is 9.80 Å². The highest BCUT2D eigenvalue weighted by molar-refractivity contribution is 6.22. The number of nitrogens with zero attached hydrogens (tertiary/aromatic N) is 3. The topological polar surface area (TPSA) is 30.3 Å².